The average molecular weight is 409 g/mol. The van der Waals surface area contributed by atoms with Gasteiger partial charge in [0, 0.05) is 17.8 Å². The molecule has 2 aromatic rings. The van der Waals surface area contributed by atoms with E-state index in [1.54, 1.807) is 12.1 Å². The Labute approximate surface area is 175 Å². The van der Waals surface area contributed by atoms with E-state index in [-0.39, 0.29) is 23.8 Å². The Bertz CT molecular complexity index is 918. The summed E-state index contributed by atoms with van der Waals surface area (Å²) in [5, 5.41) is 22.4. The molecule has 1 amide bonds. The number of aromatic carboxylic acids is 1. The summed E-state index contributed by atoms with van der Waals surface area (Å²) in [7, 11) is -1.29. The number of nitrogens with one attached hydrogen (secondary N) is 1. The van der Waals surface area contributed by atoms with Crippen LogP contribution in [0.25, 0.3) is 0 Å². The van der Waals surface area contributed by atoms with E-state index in [4.69, 9.17) is 4.65 Å². The molecule has 0 bridgehead atoms. The highest BCUT2D eigenvalue weighted by Gasteiger charge is 2.38. The van der Waals surface area contributed by atoms with Crippen molar-refractivity contribution in [1.82, 2.24) is 15.2 Å². The quantitative estimate of drug-likeness (QED) is 0.634. The first-order valence-corrected chi connectivity index (χ1v) is 10.1. The number of benzene rings is 1. The van der Waals surface area contributed by atoms with Crippen LogP contribution >= 0.6 is 0 Å². The molecule has 1 aromatic heterocycles. The zero-order valence-electron chi connectivity index (χ0n) is 16.5. The largest absolute Gasteiger partial charge is 0.547 e. The second-order valence-corrected chi connectivity index (χ2v) is 7.79. The summed E-state index contributed by atoms with van der Waals surface area (Å²) in [6, 6.07) is 10.8. The summed E-state index contributed by atoms with van der Waals surface area (Å²) in [4.78, 5) is 30.4. The molecule has 0 unspecified atom stereocenters. The number of carboxylic acids is 1. The van der Waals surface area contributed by atoms with E-state index in [1.165, 1.54) is 6.07 Å². The summed E-state index contributed by atoms with van der Waals surface area (Å²) in [6.45, 7) is 1.87. The number of pyridine rings is 1. The maximum Gasteiger partial charge on any atom is 0.547 e. The Morgan fingerprint density at radius 1 is 1.20 bits per heavy atom. The first-order chi connectivity index (χ1) is 14.5. The number of fused-ring (bicyclic) bond motifs is 1. The number of hydrogen-bond acceptors (Lipinski definition) is 6. The van der Waals surface area contributed by atoms with Crippen LogP contribution < -0.4 is 9.97 Å². The van der Waals surface area contributed by atoms with Crippen LogP contribution in [0.5, 0.6) is 5.75 Å². The molecule has 1 fully saturated rings. The van der Waals surface area contributed by atoms with Gasteiger partial charge >= 0.3 is 13.1 Å². The zero-order valence-corrected chi connectivity index (χ0v) is 16.5. The second-order valence-electron chi connectivity index (χ2n) is 7.79. The number of rotatable bonds is 5. The minimum Gasteiger partial charge on any atom is -0.534 e. The van der Waals surface area contributed by atoms with Crippen molar-refractivity contribution in [2.45, 2.75) is 31.1 Å². The number of carboxylic acid groups (broad SMARTS) is 1. The van der Waals surface area contributed by atoms with Crippen LogP contribution in [0.4, 0.5) is 0 Å². The molecule has 1 atom stereocenters. The summed E-state index contributed by atoms with van der Waals surface area (Å²) < 4.78 is 5.43. The fraction of sp³-hybridized carbons (Fsp3) is 0.381. The number of carbonyl (C=O) groups excluding carboxylic acids is 1. The van der Waals surface area contributed by atoms with Gasteiger partial charge in [-0.2, -0.15) is 0 Å². The van der Waals surface area contributed by atoms with E-state index < -0.39 is 19.0 Å². The third kappa shape index (κ3) is 4.47. The molecule has 0 radical (unpaired) electrons. The van der Waals surface area contributed by atoms with Crippen LogP contribution in [-0.2, 0) is 11.2 Å². The van der Waals surface area contributed by atoms with Gasteiger partial charge in [-0.15, -0.1) is 0 Å². The zero-order chi connectivity index (χ0) is 21.1. The Balaban J connectivity index is 1.31. The van der Waals surface area contributed by atoms with E-state index >= 15 is 0 Å². The van der Waals surface area contributed by atoms with Crippen LogP contribution in [0, 0.1) is 0 Å². The van der Waals surface area contributed by atoms with Crippen LogP contribution in [0.15, 0.2) is 42.6 Å². The molecule has 4 rings (SSSR count). The number of nitrogens with zero attached hydrogens (tertiary/aromatic N) is 2. The third-order valence-corrected chi connectivity index (χ3v) is 5.76. The summed E-state index contributed by atoms with van der Waals surface area (Å²) >= 11 is 0. The predicted octanol–water partition coefficient (Wildman–Crippen LogP) is 1.10. The Morgan fingerprint density at radius 3 is 2.70 bits per heavy atom. The number of aromatic nitrogens is 1. The summed E-state index contributed by atoms with van der Waals surface area (Å²) in [5.74, 6) is -1.34. The van der Waals surface area contributed by atoms with E-state index in [0.717, 1.165) is 31.6 Å². The van der Waals surface area contributed by atoms with Gasteiger partial charge in [0.2, 0.25) is 5.91 Å². The molecule has 3 heterocycles. The fourth-order valence-electron chi connectivity index (χ4n) is 4.18. The highest BCUT2D eigenvalue weighted by Crippen LogP contribution is 2.30. The highest BCUT2D eigenvalue weighted by molar-refractivity contribution is 6.47. The van der Waals surface area contributed by atoms with Gasteiger partial charge < -0.3 is 20.1 Å². The molecule has 1 saturated heterocycles. The summed E-state index contributed by atoms with van der Waals surface area (Å²) in [5.41, 5.74) is 1.76. The number of para-hydroxylation sites is 1. The standard InChI is InChI=1S/C21H24BN3O5/c26-19(13-25-10-7-14(8-11-25)17-6-1-2-9-23-17)24-18-12-15-4-3-5-16(21(27)28)20(15)30-22(18)29/h1-6,9,14,18,29H,7-8,10-13H2,(H,24,26)(H,27,28)/t18-/m0/s1. The van der Waals surface area contributed by atoms with Crippen LogP contribution in [-0.4, -0.2) is 64.6 Å². The SMILES string of the molecule is O=C(CN1CCC(c2ccccn2)CC1)N[C@H]1Cc2cccc(C(=O)O)c2OB1O. The van der Waals surface area contributed by atoms with Gasteiger partial charge in [0.05, 0.1) is 18.0 Å². The van der Waals surface area contributed by atoms with Crippen molar-refractivity contribution in [3.63, 3.8) is 0 Å². The van der Waals surface area contributed by atoms with E-state index in [2.05, 4.69) is 15.2 Å². The molecule has 0 spiro atoms. The van der Waals surface area contributed by atoms with Gasteiger partial charge in [-0.05, 0) is 56.1 Å². The number of carbonyl (C=O) groups is 2. The number of amides is 1. The van der Waals surface area contributed by atoms with Gasteiger partial charge in [-0.3, -0.25) is 14.7 Å². The van der Waals surface area contributed by atoms with E-state index in [1.807, 2.05) is 24.4 Å². The predicted molar refractivity (Wildman–Crippen MR) is 110 cm³/mol. The van der Waals surface area contributed by atoms with Gasteiger partial charge in [0.1, 0.15) is 5.75 Å². The average Bonchev–Trinajstić information content (AvgIpc) is 2.75. The molecular formula is C21H24BN3O5. The lowest BCUT2D eigenvalue weighted by molar-refractivity contribution is -0.122. The minimum absolute atomic E-state index is 0.00658. The number of piperidine rings is 1. The van der Waals surface area contributed by atoms with Gasteiger partial charge in [-0.25, -0.2) is 4.79 Å². The lowest BCUT2D eigenvalue weighted by Crippen LogP contribution is -2.55. The molecule has 8 nitrogen and oxygen atoms in total. The summed E-state index contributed by atoms with van der Waals surface area (Å²) in [6.07, 6.45) is 4.02. The van der Waals surface area contributed by atoms with Crippen molar-refractivity contribution >= 4 is 19.0 Å². The molecular weight excluding hydrogens is 385 g/mol. The maximum atomic E-state index is 12.5. The van der Waals surface area contributed by atoms with E-state index in [9.17, 15) is 19.7 Å². The van der Waals surface area contributed by atoms with Gasteiger partial charge in [0.15, 0.2) is 0 Å². The van der Waals surface area contributed by atoms with Crippen molar-refractivity contribution < 1.29 is 24.4 Å². The molecule has 2 aliphatic rings. The van der Waals surface area contributed by atoms with Crippen molar-refractivity contribution in [2.75, 3.05) is 19.6 Å². The molecule has 1 aromatic carbocycles. The smallest absolute Gasteiger partial charge is 0.534 e. The fourth-order valence-corrected chi connectivity index (χ4v) is 4.18. The molecule has 30 heavy (non-hydrogen) atoms. The third-order valence-electron chi connectivity index (χ3n) is 5.76. The van der Waals surface area contributed by atoms with Gasteiger partial charge in [0.25, 0.3) is 0 Å². The normalized spacial score (nSPS) is 19.6. The lowest BCUT2D eigenvalue weighted by Gasteiger charge is -2.32. The second kappa shape index (κ2) is 8.85. The molecule has 2 aliphatic heterocycles. The minimum atomic E-state index is -1.29. The lowest BCUT2D eigenvalue weighted by atomic mass is 9.72. The number of hydrogen-bond donors (Lipinski definition) is 3. The molecule has 0 saturated carbocycles. The Morgan fingerprint density at radius 2 is 2.00 bits per heavy atom. The van der Waals surface area contributed by atoms with Crippen molar-refractivity contribution in [2.24, 2.45) is 0 Å². The van der Waals surface area contributed by atoms with Crippen LogP contribution in [0.3, 0.4) is 0 Å². The maximum absolute atomic E-state index is 12.5. The molecule has 3 N–H and O–H groups in total. The Hall–Kier alpha value is -2.91. The Kier molecular flexibility index (Phi) is 6.01. The van der Waals surface area contributed by atoms with Crippen LogP contribution in [0.1, 0.15) is 40.4 Å². The van der Waals surface area contributed by atoms with Crippen molar-refractivity contribution in [3.8, 4) is 5.75 Å². The van der Waals surface area contributed by atoms with Crippen molar-refractivity contribution in [1.29, 1.82) is 0 Å². The molecule has 156 valence electrons. The monoisotopic (exact) mass is 409 g/mol. The van der Waals surface area contributed by atoms with Crippen molar-refractivity contribution in [3.05, 3.63) is 59.4 Å². The van der Waals surface area contributed by atoms with Gasteiger partial charge in [-0.1, -0.05) is 18.2 Å². The molecule has 0 aliphatic carbocycles. The van der Waals surface area contributed by atoms with Crippen LogP contribution in [0.2, 0.25) is 0 Å². The highest BCUT2D eigenvalue weighted by atomic mass is 16.5. The number of likely N-dealkylation sites (tertiary alicyclic amines) is 1. The first kappa shape index (κ1) is 20.4. The topological polar surface area (TPSA) is 112 Å². The van der Waals surface area contributed by atoms with E-state index in [0.29, 0.717) is 17.9 Å². The first-order valence-electron chi connectivity index (χ1n) is 10.1. The molecule has 9 heteroatoms.